The monoisotopic (exact) mass is 1030 g/mol. The largest absolute Gasteiger partial charge is 0.500 e. The number of aromatic nitrogens is 2. The maximum absolute atomic E-state index is 15.0. The SMILES string of the molecule is Cc1cc(-c2[c-]ccc3c2oc2ccccc23)nc[c]1[Ge]([CH3])([CH3])[CH3].Fc1c[c-]c(-c2cc(CC3CC4CCC3CC4)ccn2)c2oc3cc(-c4ccccc4)ccc3c12.[Ir]. The zero-order valence-corrected chi connectivity index (χ0v) is 38.9. The van der Waals surface area contributed by atoms with Gasteiger partial charge < -0.3 is 9.40 Å². The molecule has 1 unspecified atom stereocenters. The summed E-state index contributed by atoms with van der Waals surface area (Å²) >= 11 is -1.89. The first-order chi connectivity index (χ1) is 28.7. The van der Waals surface area contributed by atoms with Gasteiger partial charge in [0.15, 0.2) is 0 Å². The first kappa shape index (κ1) is 40.5. The fourth-order valence-electron chi connectivity index (χ4n) is 9.95. The van der Waals surface area contributed by atoms with E-state index in [1.165, 1.54) is 53.7 Å². The van der Waals surface area contributed by atoms with Gasteiger partial charge in [0.2, 0.25) is 0 Å². The van der Waals surface area contributed by atoms with Crippen LogP contribution in [0.3, 0.4) is 0 Å². The number of fused-ring (bicyclic) bond motifs is 9. The summed E-state index contributed by atoms with van der Waals surface area (Å²) < 4.78 is 28.9. The van der Waals surface area contributed by atoms with Crippen LogP contribution in [0.1, 0.15) is 43.2 Å². The third kappa shape index (κ3) is 7.68. The molecule has 60 heavy (non-hydrogen) atoms. The van der Waals surface area contributed by atoms with Crippen LogP contribution >= 0.6 is 0 Å². The molecule has 0 spiro atoms. The Morgan fingerprint density at radius 3 is 2.23 bits per heavy atom. The van der Waals surface area contributed by atoms with Gasteiger partial charge in [0.05, 0.1) is 5.58 Å². The number of benzene rings is 5. The molecule has 303 valence electrons. The molecule has 3 aliphatic rings. The molecule has 12 rings (SSSR count). The summed E-state index contributed by atoms with van der Waals surface area (Å²) in [5, 5.41) is 3.55. The Kier molecular flexibility index (Phi) is 11.2. The number of pyridine rings is 2. The van der Waals surface area contributed by atoms with Crippen LogP contribution in [0.4, 0.5) is 4.39 Å². The molecule has 0 N–H and O–H groups in total. The molecule has 0 aliphatic heterocycles. The minimum Gasteiger partial charge on any atom is -0.500 e. The predicted octanol–water partition coefficient (Wildman–Crippen LogP) is 13.9. The standard InChI is InChI=1S/C32H27FNO.C21H20GeNO.Ir/c33-28-13-12-26(29-18-21(14-15-34-29)17-25-16-20-6-8-23(25)9-7-20)32-31(28)27-11-10-24(19-30(27)35-32)22-4-2-1-3-5-22;1-14-12-19(23-13-18(14)22(2,3)4)17-10-7-9-16-15-8-5-6-11-20(15)24-21(16)17;/h1-5,10-11,13-15,18-20,23,25H,6-9,16-17H2;5-9,11-13H,1-4H3;/q2*-1;. The molecule has 5 aromatic carbocycles. The van der Waals surface area contributed by atoms with Crippen LogP contribution in [0.25, 0.3) is 77.5 Å². The van der Waals surface area contributed by atoms with Crippen molar-refractivity contribution in [2.75, 3.05) is 0 Å². The quantitative estimate of drug-likeness (QED) is 0.123. The van der Waals surface area contributed by atoms with Crippen LogP contribution in [-0.4, -0.2) is 23.2 Å². The van der Waals surface area contributed by atoms with Gasteiger partial charge in [-0.1, -0.05) is 72.5 Å². The van der Waals surface area contributed by atoms with Gasteiger partial charge in [0.25, 0.3) is 0 Å². The van der Waals surface area contributed by atoms with E-state index in [1.807, 2.05) is 66.9 Å². The number of rotatable bonds is 6. The van der Waals surface area contributed by atoms with Crippen molar-refractivity contribution in [3.05, 3.63) is 151 Å². The van der Waals surface area contributed by atoms with E-state index in [0.717, 1.165) is 85.1 Å². The second kappa shape index (κ2) is 16.5. The van der Waals surface area contributed by atoms with E-state index < -0.39 is 13.3 Å². The summed E-state index contributed by atoms with van der Waals surface area (Å²) in [6, 6.07) is 42.7. The average molecular weight is 1030 g/mol. The molecular weight excluding hydrogens is 980 g/mol. The molecule has 3 fully saturated rings. The van der Waals surface area contributed by atoms with Crippen LogP contribution < -0.4 is 4.40 Å². The number of para-hydroxylation sites is 1. The number of hydrogen-bond donors (Lipinski definition) is 0. The number of halogens is 1. The summed E-state index contributed by atoms with van der Waals surface area (Å²) in [4.78, 5) is 9.40. The molecule has 7 heteroatoms. The third-order valence-corrected chi connectivity index (χ3v) is 17.4. The first-order valence-electron chi connectivity index (χ1n) is 21.0. The normalized spacial score (nSPS) is 17.5. The Labute approximate surface area is 367 Å². The van der Waals surface area contributed by atoms with Gasteiger partial charge in [-0.3, -0.25) is 4.39 Å². The Morgan fingerprint density at radius 2 is 1.47 bits per heavy atom. The van der Waals surface area contributed by atoms with Gasteiger partial charge in [-0.05, 0) is 77.8 Å². The van der Waals surface area contributed by atoms with Crippen molar-refractivity contribution in [3.8, 4) is 33.6 Å². The minimum absolute atomic E-state index is 0. The van der Waals surface area contributed by atoms with E-state index in [0.29, 0.717) is 16.6 Å². The molecule has 3 aliphatic carbocycles. The zero-order valence-electron chi connectivity index (χ0n) is 34.4. The molecule has 3 saturated carbocycles. The summed E-state index contributed by atoms with van der Waals surface area (Å²) in [5.74, 6) is 9.45. The summed E-state index contributed by atoms with van der Waals surface area (Å²) in [5.41, 5.74) is 11.2. The van der Waals surface area contributed by atoms with Crippen molar-refractivity contribution >= 4 is 61.5 Å². The molecule has 2 bridgehead atoms. The van der Waals surface area contributed by atoms with Gasteiger partial charge in [0.1, 0.15) is 5.58 Å². The van der Waals surface area contributed by atoms with Crippen LogP contribution in [0, 0.1) is 42.6 Å². The second-order valence-corrected chi connectivity index (χ2v) is 28.3. The van der Waals surface area contributed by atoms with E-state index >= 15 is 4.39 Å². The van der Waals surface area contributed by atoms with E-state index in [2.05, 4.69) is 90.0 Å². The number of aryl methyl sites for hydroxylation is 1. The number of nitrogens with zero attached hydrogens (tertiary/aromatic N) is 2. The van der Waals surface area contributed by atoms with Crippen molar-refractivity contribution in [2.24, 2.45) is 17.8 Å². The predicted molar refractivity (Wildman–Crippen MR) is 242 cm³/mol. The molecule has 0 amide bonds. The van der Waals surface area contributed by atoms with E-state index in [9.17, 15) is 0 Å². The molecule has 1 atom stereocenters. The van der Waals surface area contributed by atoms with Crippen LogP contribution in [-0.2, 0) is 26.5 Å². The maximum atomic E-state index is 15.0. The van der Waals surface area contributed by atoms with Crippen LogP contribution in [0.15, 0.2) is 130 Å². The Hall–Kier alpha value is -4.88. The van der Waals surface area contributed by atoms with Crippen LogP contribution in [0.2, 0.25) is 17.3 Å². The zero-order chi connectivity index (χ0) is 40.3. The van der Waals surface area contributed by atoms with Crippen molar-refractivity contribution in [1.82, 2.24) is 9.97 Å². The molecule has 0 saturated heterocycles. The van der Waals surface area contributed by atoms with E-state index in [1.54, 1.807) is 0 Å². The summed E-state index contributed by atoms with van der Waals surface area (Å²) in [6.45, 7) is 2.19. The Morgan fingerprint density at radius 1 is 0.717 bits per heavy atom. The second-order valence-electron chi connectivity index (χ2n) is 17.8. The molecule has 1 radical (unpaired) electrons. The molecule has 9 aromatic rings. The van der Waals surface area contributed by atoms with Gasteiger partial charge in [-0.15, -0.1) is 12.1 Å². The van der Waals surface area contributed by atoms with Crippen molar-refractivity contribution in [3.63, 3.8) is 0 Å². The maximum Gasteiger partial charge on any atom is 0.121 e. The topological polar surface area (TPSA) is 52.1 Å². The molecule has 4 aromatic heterocycles. The molecule has 4 nitrogen and oxygen atoms in total. The number of furan rings is 2. The molecule has 4 heterocycles. The Bertz CT molecular complexity index is 3000. The van der Waals surface area contributed by atoms with Gasteiger partial charge >= 0.3 is 145 Å². The fraction of sp³-hybridized carbons (Fsp3) is 0.245. The van der Waals surface area contributed by atoms with E-state index in [-0.39, 0.29) is 25.9 Å². The summed E-state index contributed by atoms with van der Waals surface area (Å²) in [7, 11) is 0. The van der Waals surface area contributed by atoms with Crippen LogP contribution in [0.5, 0.6) is 0 Å². The molecular formula is C53H47FGeIrN2O2-2. The van der Waals surface area contributed by atoms with Crippen molar-refractivity contribution in [2.45, 2.75) is 62.7 Å². The van der Waals surface area contributed by atoms with Crippen molar-refractivity contribution in [1.29, 1.82) is 0 Å². The van der Waals surface area contributed by atoms with Gasteiger partial charge in [-0.2, -0.15) is 0 Å². The fourth-order valence-corrected chi connectivity index (χ4v) is 13.5. The smallest absolute Gasteiger partial charge is 0.121 e. The Balaban J connectivity index is 0.000000163. The van der Waals surface area contributed by atoms with Crippen molar-refractivity contribution < 1.29 is 33.3 Å². The number of hydrogen-bond acceptors (Lipinski definition) is 4. The first-order valence-corrected chi connectivity index (χ1v) is 28.4. The van der Waals surface area contributed by atoms with E-state index in [4.69, 9.17) is 13.8 Å². The van der Waals surface area contributed by atoms with Gasteiger partial charge in [0, 0.05) is 37.5 Å². The average Bonchev–Trinajstić information content (AvgIpc) is 3.84. The third-order valence-electron chi connectivity index (χ3n) is 12.9. The van der Waals surface area contributed by atoms with Gasteiger partial charge in [-0.25, -0.2) is 0 Å². The summed E-state index contributed by atoms with van der Waals surface area (Å²) in [6.07, 6.45) is 12.0. The minimum atomic E-state index is -1.89.